The minimum absolute atomic E-state index is 0.845. The van der Waals surface area contributed by atoms with Gasteiger partial charge in [-0.3, -0.25) is 4.40 Å². The van der Waals surface area contributed by atoms with Gasteiger partial charge in [0, 0.05) is 22.1 Å². The molecule has 0 saturated heterocycles. The first-order chi connectivity index (χ1) is 11.8. The molecule has 0 radical (unpaired) electrons. The quantitative estimate of drug-likeness (QED) is 0.491. The summed E-state index contributed by atoms with van der Waals surface area (Å²) in [6, 6.07) is 12.5. The third-order valence-electron chi connectivity index (χ3n) is 4.03. The van der Waals surface area contributed by atoms with Crippen molar-refractivity contribution in [3.05, 3.63) is 52.2 Å². The van der Waals surface area contributed by atoms with Crippen LogP contribution >= 0.6 is 23.1 Å². The molecule has 0 unspecified atom stereocenters. The number of hydrogen-bond acceptors (Lipinski definition) is 5. The first-order valence-electron chi connectivity index (χ1n) is 7.74. The molecule has 1 aromatic carbocycles. The summed E-state index contributed by atoms with van der Waals surface area (Å²) in [5.41, 5.74) is 3.17. The van der Waals surface area contributed by atoms with E-state index in [-0.39, 0.29) is 0 Å². The van der Waals surface area contributed by atoms with Gasteiger partial charge in [0.2, 0.25) is 0 Å². The van der Waals surface area contributed by atoms with Gasteiger partial charge in [0.05, 0.1) is 12.6 Å². The van der Waals surface area contributed by atoms with Gasteiger partial charge in [-0.2, -0.15) is 0 Å². The number of fused-ring (bicyclic) bond motifs is 3. The Bertz CT molecular complexity index is 993. The highest BCUT2D eigenvalue weighted by atomic mass is 32.2. The molecule has 4 rings (SSSR count). The summed E-state index contributed by atoms with van der Waals surface area (Å²) in [4.78, 5) is 1.40. The van der Waals surface area contributed by atoms with Crippen LogP contribution in [0.5, 0.6) is 5.75 Å². The van der Waals surface area contributed by atoms with E-state index in [2.05, 4.69) is 57.2 Å². The molecule has 6 heteroatoms. The van der Waals surface area contributed by atoms with Gasteiger partial charge in [0.15, 0.2) is 10.8 Å². The fourth-order valence-electron chi connectivity index (χ4n) is 2.82. The Kier molecular flexibility index (Phi) is 4.16. The van der Waals surface area contributed by atoms with Crippen LogP contribution in [-0.2, 0) is 6.42 Å². The second kappa shape index (κ2) is 6.45. The lowest BCUT2D eigenvalue weighted by molar-refractivity contribution is 0.415. The molecule has 24 heavy (non-hydrogen) atoms. The van der Waals surface area contributed by atoms with Crippen LogP contribution < -0.4 is 4.74 Å². The highest BCUT2D eigenvalue weighted by molar-refractivity contribution is 7.99. The summed E-state index contributed by atoms with van der Waals surface area (Å²) >= 11 is 3.54. The monoisotopic (exact) mass is 355 g/mol. The van der Waals surface area contributed by atoms with Gasteiger partial charge in [-0.15, -0.1) is 21.5 Å². The smallest absolute Gasteiger partial charge is 0.196 e. The molecule has 122 valence electrons. The Balaban J connectivity index is 1.74. The molecular weight excluding hydrogens is 338 g/mol. The number of methoxy groups -OCH3 is 1. The van der Waals surface area contributed by atoms with Crippen molar-refractivity contribution in [1.29, 1.82) is 0 Å². The lowest BCUT2D eigenvalue weighted by atomic mass is 10.1. The maximum Gasteiger partial charge on any atom is 0.196 e. The second-order valence-corrected chi connectivity index (χ2v) is 7.66. The zero-order chi connectivity index (χ0) is 16.5. The Morgan fingerprint density at radius 3 is 2.92 bits per heavy atom. The van der Waals surface area contributed by atoms with Crippen molar-refractivity contribution in [3.8, 4) is 5.75 Å². The zero-order valence-electron chi connectivity index (χ0n) is 13.5. The number of thiophene rings is 1. The number of rotatable bonds is 5. The maximum absolute atomic E-state index is 5.40. The normalized spacial score (nSPS) is 11.4. The third kappa shape index (κ3) is 2.76. The summed E-state index contributed by atoms with van der Waals surface area (Å²) in [5, 5.41) is 13.0. The van der Waals surface area contributed by atoms with Crippen molar-refractivity contribution in [1.82, 2.24) is 14.6 Å². The van der Waals surface area contributed by atoms with E-state index in [9.17, 15) is 0 Å². The van der Waals surface area contributed by atoms with Gasteiger partial charge in [0.1, 0.15) is 5.75 Å². The first kappa shape index (κ1) is 15.5. The van der Waals surface area contributed by atoms with Crippen LogP contribution in [0.4, 0.5) is 0 Å². The van der Waals surface area contributed by atoms with Crippen LogP contribution in [0.15, 0.2) is 46.9 Å². The summed E-state index contributed by atoms with van der Waals surface area (Å²) in [7, 11) is 1.69. The average molecular weight is 355 g/mol. The molecule has 0 amide bonds. The minimum atomic E-state index is 0.845. The van der Waals surface area contributed by atoms with Crippen LogP contribution in [0, 0.1) is 6.92 Å². The van der Waals surface area contributed by atoms with Crippen LogP contribution in [0.3, 0.4) is 0 Å². The number of ether oxygens (including phenoxy) is 1. The van der Waals surface area contributed by atoms with E-state index in [1.807, 2.05) is 6.07 Å². The van der Waals surface area contributed by atoms with E-state index in [4.69, 9.17) is 4.74 Å². The molecule has 0 bridgehead atoms. The van der Waals surface area contributed by atoms with E-state index in [1.165, 1.54) is 15.8 Å². The lowest BCUT2D eigenvalue weighted by Gasteiger charge is -2.09. The predicted octanol–water partition coefficient (Wildman–Crippen LogP) is 4.60. The Morgan fingerprint density at radius 1 is 1.21 bits per heavy atom. The average Bonchev–Trinajstić information content (AvgIpc) is 3.25. The summed E-state index contributed by atoms with van der Waals surface area (Å²) in [6.07, 6.45) is 1.05. The van der Waals surface area contributed by atoms with Gasteiger partial charge in [0.25, 0.3) is 0 Å². The van der Waals surface area contributed by atoms with Gasteiger partial charge in [-0.1, -0.05) is 17.8 Å². The molecule has 4 nitrogen and oxygen atoms in total. The van der Waals surface area contributed by atoms with Crippen molar-refractivity contribution >= 4 is 39.6 Å². The van der Waals surface area contributed by atoms with Crippen LogP contribution in [0.25, 0.3) is 16.6 Å². The Morgan fingerprint density at radius 2 is 2.12 bits per heavy atom. The number of nitrogens with zero attached hydrogens (tertiary/aromatic N) is 3. The Labute approximate surface area is 148 Å². The van der Waals surface area contributed by atoms with E-state index in [1.54, 1.807) is 30.2 Å². The number of hydrogen-bond donors (Lipinski definition) is 0. The molecule has 4 aromatic rings. The lowest BCUT2D eigenvalue weighted by Crippen LogP contribution is -1.95. The molecule has 0 aliphatic rings. The van der Waals surface area contributed by atoms with Crippen molar-refractivity contribution in [2.75, 3.05) is 12.9 Å². The van der Waals surface area contributed by atoms with Crippen molar-refractivity contribution in [3.63, 3.8) is 0 Å². The van der Waals surface area contributed by atoms with Gasteiger partial charge < -0.3 is 4.74 Å². The van der Waals surface area contributed by atoms with E-state index >= 15 is 0 Å². The summed E-state index contributed by atoms with van der Waals surface area (Å²) in [6.45, 7) is 2.10. The topological polar surface area (TPSA) is 39.4 Å². The standard InChI is InChI=1S/C18H17N3OS2/c1-12-10-17-19-20-18(24-9-7-14-4-3-8-23-14)21(17)16-11-13(22-2)5-6-15(12)16/h3-6,8,10-11H,7,9H2,1-2H3. The molecule has 3 heterocycles. The van der Waals surface area contributed by atoms with Gasteiger partial charge in [-0.05, 0) is 48.6 Å². The summed E-state index contributed by atoms with van der Waals surface area (Å²) in [5.74, 6) is 1.83. The van der Waals surface area contributed by atoms with Crippen LogP contribution in [0.2, 0.25) is 0 Å². The zero-order valence-corrected chi connectivity index (χ0v) is 15.2. The number of benzene rings is 1. The Hall–Kier alpha value is -2.05. The second-order valence-electron chi connectivity index (χ2n) is 5.56. The molecule has 0 N–H and O–H groups in total. The molecule has 0 aliphatic carbocycles. The number of aryl methyl sites for hydroxylation is 2. The SMILES string of the molecule is COc1ccc2c(C)cc3nnc(SCCc4cccs4)n3c2c1. The summed E-state index contributed by atoms with van der Waals surface area (Å²) < 4.78 is 7.53. The van der Waals surface area contributed by atoms with E-state index in [0.717, 1.165) is 34.2 Å². The van der Waals surface area contributed by atoms with Crippen molar-refractivity contribution in [2.45, 2.75) is 18.5 Å². The van der Waals surface area contributed by atoms with E-state index < -0.39 is 0 Å². The fourth-order valence-corrected chi connectivity index (χ4v) is 4.58. The molecule has 0 fully saturated rings. The highest BCUT2D eigenvalue weighted by Gasteiger charge is 2.12. The fraction of sp³-hybridized carbons (Fsp3) is 0.222. The first-order valence-corrected chi connectivity index (χ1v) is 9.60. The minimum Gasteiger partial charge on any atom is -0.497 e. The highest BCUT2D eigenvalue weighted by Crippen LogP contribution is 2.29. The van der Waals surface area contributed by atoms with E-state index in [0.29, 0.717) is 0 Å². The molecule has 0 saturated carbocycles. The van der Waals surface area contributed by atoms with Gasteiger partial charge in [-0.25, -0.2) is 0 Å². The van der Waals surface area contributed by atoms with Crippen molar-refractivity contribution in [2.24, 2.45) is 0 Å². The number of aromatic nitrogens is 3. The number of thioether (sulfide) groups is 1. The van der Waals surface area contributed by atoms with Crippen LogP contribution in [-0.4, -0.2) is 27.5 Å². The van der Waals surface area contributed by atoms with Gasteiger partial charge >= 0.3 is 0 Å². The maximum atomic E-state index is 5.40. The third-order valence-corrected chi connectivity index (χ3v) is 5.90. The largest absolute Gasteiger partial charge is 0.497 e. The molecule has 0 atom stereocenters. The molecule has 3 aromatic heterocycles. The molecule has 0 aliphatic heterocycles. The van der Waals surface area contributed by atoms with Crippen LogP contribution in [0.1, 0.15) is 10.4 Å². The molecule has 0 spiro atoms. The number of pyridine rings is 1. The predicted molar refractivity (Wildman–Crippen MR) is 101 cm³/mol. The van der Waals surface area contributed by atoms with Crippen molar-refractivity contribution < 1.29 is 4.74 Å². The molecular formula is C18H17N3OS2.